The predicted octanol–water partition coefficient (Wildman–Crippen LogP) is 2.05. The summed E-state index contributed by atoms with van der Waals surface area (Å²) in [6.45, 7) is 8.50. The van der Waals surface area contributed by atoms with Crippen LogP contribution in [-0.2, 0) is 14.3 Å². The summed E-state index contributed by atoms with van der Waals surface area (Å²) in [4.78, 5) is 25.1. The number of carbonyl (C=O) groups is 2. The molecular weight excluding hydrogens is 234 g/mol. The predicted molar refractivity (Wildman–Crippen MR) is 67.1 cm³/mol. The first-order valence-corrected chi connectivity index (χ1v) is 6.30. The molecule has 0 aliphatic carbocycles. The fraction of sp³-hybridized carbons (Fsp3) is 0.846. The minimum absolute atomic E-state index is 0.233. The van der Waals surface area contributed by atoms with Gasteiger partial charge in [-0.25, -0.2) is 4.79 Å². The second-order valence-electron chi connectivity index (χ2n) is 5.82. The molecule has 1 heterocycles. The third-order valence-electron chi connectivity index (χ3n) is 3.11. The van der Waals surface area contributed by atoms with E-state index in [-0.39, 0.29) is 23.9 Å². The summed E-state index contributed by atoms with van der Waals surface area (Å²) in [5, 5.41) is 0. The average molecular weight is 257 g/mol. The molecule has 0 spiro atoms. The first kappa shape index (κ1) is 14.8. The van der Waals surface area contributed by atoms with E-state index in [1.165, 1.54) is 7.11 Å². The average Bonchev–Trinajstić information content (AvgIpc) is 2.26. The molecule has 1 amide bonds. The van der Waals surface area contributed by atoms with Gasteiger partial charge >= 0.3 is 12.1 Å². The summed E-state index contributed by atoms with van der Waals surface area (Å²) in [7, 11) is 1.38. The van der Waals surface area contributed by atoms with E-state index < -0.39 is 5.60 Å². The fourth-order valence-corrected chi connectivity index (χ4v) is 2.02. The highest BCUT2D eigenvalue weighted by atomic mass is 16.6. The molecule has 0 aromatic rings. The van der Waals surface area contributed by atoms with E-state index in [0.29, 0.717) is 13.1 Å². The van der Waals surface area contributed by atoms with E-state index in [0.717, 1.165) is 6.42 Å². The molecule has 0 N–H and O–H groups in total. The molecule has 1 saturated heterocycles. The van der Waals surface area contributed by atoms with E-state index >= 15 is 0 Å². The Balaban J connectivity index is 2.64. The van der Waals surface area contributed by atoms with Crippen LogP contribution >= 0.6 is 0 Å². The van der Waals surface area contributed by atoms with E-state index in [1.807, 2.05) is 27.7 Å². The van der Waals surface area contributed by atoms with E-state index in [9.17, 15) is 9.59 Å². The van der Waals surface area contributed by atoms with Crippen LogP contribution < -0.4 is 0 Å². The summed E-state index contributed by atoms with van der Waals surface area (Å²) in [6.07, 6.45) is 0.433. The van der Waals surface area contributed by atoms with Crippen LogP contribution in [0.2, 0.25) is 0 Å². The lowest BCUT2D eigenvalue weighted by atomic mass is 9.87. The zero-order valence-corrected chi connectivity index (χ0v) is 11.9. The maximum atomic E-state index is 11.9. The third kappa shape index (κ3) is 3.89. The molecule has 5 nitrogen and oxygen atoms in total. The number of rotatable bonds is 1. The van der Waals surface area contributed by atoms with Crippen molar-refractivity contribution < 1.29 is 19.1 Å². The van der Waals surface area contributed by atoms with Gasteiger partial charge in [0, 0.05) is 13.1 Å². The summed E-state index contributed by atoms with van der Waals surface area (Å²) in [5.41, 5.74) is -0.513. The molecule has 1 rings (SSSR count). The Hall–Kier alpha value is -1.26. The Bertz CT molecular complexity index is 321. The highest BCUT2D eigenvalue weighted by molar-refractivity contribution is 5.75. The van der Waals surface area contributed by atoms with Crippen LogP contribution in [0.15, 0.2) is 0 Å². The van der Waals surface area contributed by atoms with E-state index in [1.54, 1.807) is 4.90 Å². The molecule has 0 radical (unpaired) electrons. The standard InChI is InChI=1S/C13H23NO4/c1-9-6-7-14(8-10(9)11(15)17-5)12(16)18-13(2,3)4/h9-10H,6-8H2,1-5H3/t9-,10+/m0/s1. The first-order chi connectivity index (χ1) is 8.24. The Morgan fingerprint density at radius 3 is 2.39 bits per heavy atom. The molecule has 0 saturated carbocycles. The van der Waals surface area contributed by atoms with Gasteiger partial charge < -0.3 is 14.4 Å². The molecule has 0 bridgehead atoms. The van der Waals surface area contributed by atoms with E-state index in [2.05, 4.69) is 0 Å². The number of hydrogen-bond donors (Lipinski definition) is 0. The van der Waals surface area contributed by atoms with Crippen LogP contribution in [0.1, 0.15) is 34.1 Å². The van der Waals surface area contributed by atoms with Crippen molar-refractivity contribution in [1.82, 2.24) is 4.90 Å². The van der Waals surface area contributed by atoms with Crippen molar-refractivity contribution in [3.8, 4) is 0 Å². The van der Waals surface area contributed by atoms with E-state index in [4.69, 9.17) is 9.47 Å². The quantitative estimate of drug-likeness (QED) is 0.675. The van der Waals surface area contributed by atoms with Gasteiger partial charge in [0.1, 0.15) is 5.60 Å². The largest absolute Gasteiger partial charge is 0.469 e. The fourth-order valence-electron chi connectivity index (χ4n) is 2.02. The van der Waals surface area contributed by atoms with Crippen LogP contribution in [0.5, 0.6) is 0 Å². The smallest absolute Gasteiger partial charge is 0.410 e. The lowest BCUT2D eigenvalue weighted by molar-refractivity contribution is -0.149. The van der Waals surface area contributed by atoms with Crippen molar-refractivity contribution in [1.29, 1.82) is 0 Å². The monoisotopic (exact) mass is 257 g/mol. The zero-order chi connectivity index (χ0) is 13.9. The summed E-state index contributed by atoms with van der Waals surface area (Å²) in [5.74, 6) is -0.275. The second kappa shape index (κ2) is 5.59. The van der Waals surface area contributed by atoms with Gasteiger partial charge in [-0.2, -0.15) is 0 Å². The van der Waals surface area contributed by atoms with Crippen molar-refractivity contribution >= 4 is 12.1 Å². The molecular formula is C13H23NO4. The van der Waals surface area contributed by atoms with Gasteiger partial charge in [-0.1, -0.05) is 6.92 Å². The number of piperidine rings is 1. The highest BCUT2D eigenvalue weighted by Crippen LogP contribution is 2.25. The molecule has 0 unspecified atom stereocenters. The number of nitrogens with zero attached hydrogens (tertiary/aromatic N) is 1. The third-order valence-corrected chi connectivity index (χ3v) is 3.11. The number of ether oxygens (including phenoxy) is 2. The van der Waals surface area contributed by atoms with Crippen molar-refractivity contribution in [2.75, 3.05) is 20.2 Å². The van der Waals surface area contributed by atoms with Crippen LogP contribution in [0.4, 0.5) is 4.79 Å². The topological polar surface area (TPSA) is 55.8 Å². The Kier molecular flexibility index (Phi) is 4.59. The summed E-state index contributed by atoms with van der Waals surface area (Å²) >= 11 is 0. The maximum Gasteiger partial charge on any atom is 0.410 e. The van der Waals surface area contributed by atoms with Crippen molar-refractivity contribution in [3.05, 3.63) is 0 Å². The molecule has 1 aliphatic rings. The van der Waals surface area contributed by atoms with Crippen LogP contribution in [0, 0.1) is 11.8 Å². The van der Waals surface area contributed by atoms with Gasteiger partial charge in [0.15, 0.2) is 0 Å². The van der Waals surface area contributed by atoms with Gasteiger partial charge in [-0.05, 0) is 33.1 Å². The molecule has 0 aromatic heterocycles. The van der Waals surface area contributed by atoms with Gasteiger partial charge in [-0.15, -0.1) is 0 Å². The number of carbonyl (C=O) groups excluding carboxylic acids is 2. The van der Waals surface area contributed by atoms with Crippen molar-refractivity contribution in [2.45, 2.75) is 39.7 Å². The molecule has 1 aliphatic heterocycles. The minimum Gasteiger partial charge on any atom is -0.469 e. The van der Waals surface area contributed by atoms with Crippen LogP contribution in [0.25, 0.3) is 0 Å². The zero-order valence-electron chi connectivity index (χ0n) is 11.9. The number of amides is 1. The lowest BCUT2D eigenvalue weighted by Gasteiger charge is -2.36. The molecule has 1 fully saturated rings. The molecule has 2 atom stereocenters. The van der Waals surface area contributed by atoms with Gasteiger partial charge in [-0.3, -0.25) is 4.79 Å². The maximum absolute atomic E-state index is 11.9. The number of methoxy groups -OCH3 is 1. The van der Waals surface area contributed by atoms with Gasteiger partial charge in [0.05, 0.1) is 13.0 Å². The molecule has 104 valence electrons. The number of likely N-dealkylation sites (tertiary alicyclic amines) is 1. The SMILES string of the molecule is COC(=O)[C@@H]1CN(C(=O)OC(C)(C)C)CC[C@@H]1C. The van der Waals surface area contributed by atoms with Crippen molar-refractivity contribution in [2.24, 2.45) is 11.8 Å². The highest BCUT2D eigenvalue weighted by Gasteiger charge is 2.35. The Morgan fingerprint density at radius 2 is 1.89 bits per heavy atom. The van der Waals surface area contributed by atoms with Gasteiger partial charge in [0.25, 0.3) is 0 Å². The second-order valence-corrected chi connectivity index (χ2v) is 5.82. The Labute approximate surface area is 108 Å². The molecule has 5 heteroatoms. The minimum atomic E-state index is -0.513. The summed E-state index contributed by atoms with van der Waals surface area (Å²) in [6, 6.07) is 0. The molecule has 0 aromatic carbocycles. The Morgan fingerprint density at radius 1 is 1.28 bits per heavy atom. The number of esters is 1. The van der Waals surface area contributed by atoms with Gasteiger partial charge in [0.2, 0.25) is 0 Å². The van der Waals surface area contributed by atoms with Crippen molar-refractivity contribution in [3.63, 3.8) is 0 Å². The van der Waals surface area contributed by atoms with Crippen LogP contribution in [-0.4, -0.2) is 42.8 Å². The number of hydrogen-bond acceptors (Lipinski definition) is 4. The van der Waals surface area contributed by atoms with Crippen LogP contribution in [0.3, 0.4) is 0 Å². The summed E-state index contributed by atoms with van der Waals surface area (Å²) < 4.78 is 10.1. The first-order valence-electron chi connectivity index (χ1n) is 6.30. The molecule has 18 heavy (non-hydrogen) atoms. The normalized spacial score (nSPS) is 24.6. The lowest BCUT2D eigenvalue weighted by Crippen LogP contribution is -2.47.